The molecule has 0 saturated carbocycles. The molecule has 1 aliphatic rings. The standard InChI is InChI=1S/C20H12F3N7/c21-20(22,23)13-7-3-1-5-11(13)17-26-15(19-24-10-25-19)9-16(27-17)28-18-12-6-2-4-8-14(12)29-30-18/h1-10H,(H2,24,25,26,27,28,29,30)/p+1. The summed E-state index contributed by atoms with van der Waals surface area (Å²) in [6.45, 7) is 0. The maximum absolute atomic E-state index is 13.5. The van der Waals surface area contributed by atoms with Crippen molar-refractivity contribution in [3.8, 4) is 11.4 Å². The van der Waals surface area contributed by atoms with Gasteiger partial charge in [-0.15, -0.1) is 0 Å². The Labute approximate surface area is 167 Å². The van der Waals surface area contributed by atoms with E-state index in [1.807, 2.05) is 24.3 Å². The number of fused-ring (bicyclic) bond motifs is 1. The van der Waals surface area contributed by atoms with Gasteiger partial charge in [0.25, 0.3) is 6.34 Å². The quantitative estimate of drug-likeness (QED) is 0.451. The van der Waals surface area contributed by atoms with Gasteiger partial charge >= 0.3 is 12.0 Å². The highest BCUT2D eigenvalue weighted by Crippen LogP contribution is 2.36. The molecule has 0 saturated heterocycles. The Bertz CT molecular complexity index is 1330. The van der Waals surface area contributed by atoms with Crippen molar-refractivity contribution in [3.63, 3.8) is 0 Å². The molecule has 3 heterocycles. The van der Waals surface area contributed by atoms with Crippen LogP contribution in [0.25, 0.3) is 22.3 Å². The van der Waals surface area contributed by atoms with Crippen LogP contribution in [0.1, 0.15) is 11.3 Å². The third-order valence-corrected chi connectivity index (χ3v) is 4.55. The van der Waals surface area contributed by atoms with E-state index in [9.17, 15) is 13.2 Å². The Hall–Kier alpha value is -4.17. The Kier molecular flexibility index (Phi) is 4.00. The van der Waals surface area contributed by atoms with Crippen LogP contribution < -0.4 is 15.3 Å². The fourth-order valence-corrected chi connectivity index (χ4v) is 3.13. The van der Waals surface area contributed by atoms with Gasteiger partial charge < -0.3 is 5.32 Å². The smallest absolute Gasteiger partial charge is 0.323 e. The first-order valence-corrected chi connectivity index (χ1v) is 8.91. The number of nitrogens with one attached hydrogen (secondary N) is 3. The molecule has 2 aromatic heterocycles. The number of benzene rings is 2. The lowest BCUT2D eigenvalue weighted by atomic mass is 10.1. The number of H-pyrrole nitrogens is 1. The minimum absolute atomic E-state index is 0.0702. The predicted molar refractivity (Wildman–Crippen MR) is 107 cm³/mol. The molecule has 0 aliphatic carbocycles. The van der Waals surface area contributed by atoms with Gasteiger partial charge in [-0.3, -0.25) is 5.10 Å². The van der Waals surface area contributed by atoms with Crippen molar-refractivity contribution in [1.82, 2.24) is 30.2 Å². The zero-order valence-corrected chi connectivity index (χ0v) is 15.2. The highest BCUT2D eigenvalue weighted by Gasteiger charge is 2.34. The molecule has 0 atom stereocenters. The summed E-state index contributed by atoms with van der Waals surface area (Å²) in [4.78, 5) is 8.63. The largest absolute Gasteiger partial charge is 0.417 e. The predicted octanol–water partition coefficient (Wildman–Crippen LogP) is 3.23. The Morgan fingerprint density at radius 1 is 0.967 bits per heavy atom. The van der Waals surface area contributed by atoms with Crippen molar-refractivity contribution in [2.24, 2.45) is 0 Å². The van der Waals surface area contributed by atoms with E-state index in [0.717, 1.165) is 17.0 Å². The van der Waals surface area contributed by atoms with Crippen LogP contribution in [0.4, 0.5) is 24.8 Å². The number of hydrogen-bond acceptors (Lipinski definition) is 5. The molecule has 0 unspecified atom stereocenters. The van der Waals surface area contributed by atoms with E-state index in [2.05, 4.69) is 35.5 Å². The maximum Gasteiger partial charge on any atom is 0.417 e. The van der Waals surface area contributed by atoms with Crippen molar-refractivity contribution in [3.05, 3.63) is 65.9 Å². The average Bonchev–Trinajstić information content (AvgIpc) is 3.09. The molecule has 2 aromatic carbocycles. The summed E-state index contributed by atoms with van der Waals surface area (Å²) in [5.41, 5.74) is 0.248. The molecular formula is C20H13F3N7+. The number of nitrogens with zero attached hydrogens (tertiary/aromatic N) is 4. The minimum atomic E-state index is -4.54. The molecule has 10 heteroatoms. The van der Waals surface area contributed by atoms with Crippen LogP contribution in [0.3, 0.4) is 0 Å². The summed E-state index contributed by atoms with van der Waals surface area (Å²) < 4.78 is 44.6. The zero-order chi connectivity index (χ0) is 20.7. The van der Waals surface area contributed by atoms with Gasteiger partial charge in [0.1, 0.15) is 5.82 Å². The average molecular weight is 408 g/mol. The van der Waals surface area contributed by atoms with Gasteiger partial charge in [0, 0.05) is 17.0 Å². The number of aromatic nitrogens is 4. The van der Waals surface area contributed by atoms with Crippen LogP contribution in [-0.4, -0.2) is 32.3 Å². The molecule has 0 spiro atoms. The molecule has 148 valence electrons. The number of halogens is 3. The van der Waals surface area contributed by atoms with E-state index < -0.39 is 11.7 Å². The monoisotopic (exact) mass is 408 g/mol. The normalized spacial score (nSPS) is 13.0. The third kappa shape index (κ3) is 3.15. The number of para-hydroxylation sites is 1. The van der Waals surface area contributed by atoms with Gasteiger partial charge in [-0.25, -0.2) is 20.0 Å². The first kappa shape index (κ1) is 17.9. The van der Waals surface area contributed by atoms with E-state index in [1.54, 1.807) is 6.07 Å². The highest BCUT2D eigenvalue weighted by molar-refractivity contribution is 6.09. The lowest BCUT2D eigenvalue weighted by molar-refractivity contribution is -0.137. The van der Waals surface area contributed by atoms with E-state index in [4.69, 9.17) is 0 Å². The summed E-state index contributed by atoms with van der Waals surface area (Å²) in [5, 5.41) is 13.9. The summed E-state index contributed by atoms with van der Waals surface area (Å²) in [7, 11) is 0. The van der Waals surface area contributed by atoms with Crippen molar-refractivity contribution >= 4 is 34.7 Å². The third-order valence-electron chi connectivity index (χ3n) is 4.55. The number of aromatic amines is 1. The topological polar surface area (TPSA) is 92.6 Å². The Morgan fingerprint density at radius 2 is 1.73 bits per heavy atom. The molecule has 3 N–H and O–H groups in total. The zero-order valence-electron chi connectivity index (χ0n) is 15.2. The van der Waals surface area contributed by atoms with E-state index >= 15 is 0 Å². The maximum atomic E-state index is 13.5. The molecular weight excluding hydrogens is 395 g/mol. The van der Waals surface area contributed by atoms with Crippen molar-refractivity contribution < 1.29 is 13.2 Å². The number of anilines is 2. The van der Waals surface area contributed by atoms with Crippen molar-refractivity contribution in [2.75, 3.05) is 5.32 Å². The van der Waals surface area contributed by atoms with E-state index in [1.165, 1.54) is 24.5 Å². The van der Waals surface area contributed by atoms with Crippen LogP contribution in [0.15, 0.2) is 54.6 Å². The number of amidine groups is 1. The molecule has 1 aliphatic heterocycles. The van der Waals surface area contributed by atoms with Crippen molar-refractivity contribution in [1.29, 1.82) is 0 Å². The molecule has 0 amide bonds. The number of alkyl halides is 3. The van der Waals surface area contributed by atoms with Crippen LogP contribution >= 0.6 is 0 Å². The number of hydrogen-bond donors (Lipinski definition) is 3. The molecule has 0 radical (unpaired) electrons. The molecule has 0 bridgehead atoms. The van der Waals surface area contributed by atoms with E-state index in [0.29, 0.717) is 23.2 Å². The van der Waals surface area contributed by atoms with Gasteiger partial charge in [-0.2, -0.15) is 18.3 Å². The minimum Gasteiger partial charge on any atom is -0.323 e. The first-order chi connectivity index (χ1) is 14.5. The Morgan fingerprint density at radius 3 is 2.50 bits per heavy atom. The first-order valence-electron chi connectivity index (χ1n) is 8.91. The van der Waals surface area contributed by atoms with Gasteiger partial charge in [0.05, 0.1) is 11.1 Å². The lowest BCUT2D eigenvalue weighted by Crippen LogP contribution is -2.36. The molecule has 5 rings (SSSR count). The molecule has 0 fully saturated rings. The summed E-state index contributed by atoms with van der Waals surface area (Å²) >= 11 is 0. The summed E-state index contributed by atoms with van der Waals surface area (Å²) in [6, 6.07) is 14.3. The molecule has 30 heavy (non-hydrogen) atoms. The van der Waals surface area contributed by atoms with Crippen LogP contribution in [-0.2, 0) is 6.18 Å². The SMILES string of the molecule is FC(F)(F)c1ccccc1-c1nc(Nc2n[nH]c3ccccc23)cc(C2=[N+]=CN2)n1. The van der Waals surface area contributed by atoms with Crippen LogP contribution in [0, 0.1) is 0 Å². The fourth-order valence-electron chi connectivity index (χ4n) is 3.13. The lowest BCUT2D eigenvalue weighted by Gasteiger charge is -2.13. The van der Waals surface area contributed by atoms with E-state index in [-0.39, 0.29) is 11.4 Å². The summed E-state index contributed by atoms with van der Waals surface area (Å²) in [6.07, 6.45) is -3.07. The van der Waals surface area contributed by atoms with Gasteiger partial charge in [-0.1, -0.05) is 30.3 Å². The summed E-state index contributed by atoms with van der Waals surface area (Å²) in [5.74, 6) is 1.17. The molecule has 7 nitrogen and oxygen atoms in total. The van der Waals surface area contributed by atoms with Gasteiger partial charge in [-0.05, 0) is 18.2 Å². The Balaban J connectivity index is 1.64. The highest BCUT2D eigenvalue weighted by atomic mass is 19.4. The number of rotatable bonds is 4. The van der Waals surface area contributed by atoms with Crippen molar-refractivity contribution in [2.45, 2.75) is 6.18 Å². The second-order valence-corrected chi connectivity index (χ2v) is 6.50. The van der Waals surface area contributed by atoms with Gasteiger partial charge in [0.15, 0.2) is 17.3 Å². The second-order valence-electron chi connectivity index (χ2n) is 6.50. The van der Waals surface area contributed by atoms with Crippen LogP contribution in [0.5, 0.6) is 0 Å². The fraction of sp³-hybridized carbons (Fsp3) is 0.0500. The van der Waals surface area contributed by atoms with Gasteiger partial charge in [0.2, 0.25) is 0 Å². The molecule has 4 aromatic rings. The second kappa shape index (κ2) is 6.71. The van der Waals surface area contributed by atoms with Crippen LogP contribution in [0.2, 0.25) is 0 Å².